The van der Waals surface area contributed by atoms with Crippen LogP contribution in [0.1, 0.15) is 62.0 Å². The largest absolute Gasteiger partial charge is 0.493 e. The van der Waals surface area contributed by atoms with Crippen LogP contribution in [0.4, 0.5) is 0 Å². The minimum atomic E-state index is 0.547. The van der Waals surface area contributed by atoms with Gasteiger partial charge in [0.05, 0.1) is 18.3 Å². The Hall–Kier alpha value is -0.480. The third-order valence-electron chi connectivity index (χ3n) is 4.04. The first-order chi connectivity index (χ1) is 11.3. The normalized spacial score (nSPS) is 15.6. The molecule has 0 bridgehead atoms. The van der Waals surface area contributed by atoms with Gasteiger partial charge in [0.15, 0.2) is 11.5 Å². The monoisotopic (exact) mass is 354 g/mol. The highest BCUT2D eigenvalue weighted by Crippen LogP contribution is 2.45. The topological polar surface area (TPSA) is 18.5 Å². The molecule has 0 aliphatic carbocycles. The Bertz CT molecular complexity index is 445. The molecular weight excluding hydrogens is 324 g/mol. The second kappa shape index (κ2) is 11.1. The van der Waals surface area contributed by atoms with E-state index in [-0.39, 0.29) is 0 Å². The summed E-state index contributed by atoms with van der Waals surface area (Å²) in [5.74, 6) is 4.28. The molecule has 4 heteroatoms. The Morgan fingerprint density at radius 2 is 1.74 bits per heavy atom. The van der Waals surface area contributed by atoms with E-state index in [1.54, 1.807) is 7.11 Å². The molecule has 0 N–H and O–H groups in total. The van der Waals surface area contributed by atoms with Crippen LogP contribution in [0.3, 0.4) is 0 Å². The molecule has 0 amide bonds. The average Bonchev–Trinajstić information content (AvgIpc) is 2.61. The molecule has 1 fully saturated rings. The number of hydrogen-bond donors (Lipinski definition) is 0. The summed E-state index contributed by atoms with van der Waals surface area (Å²) in [7, 11) is 1.73. The third-order valence-corrected chi connectivity index (χ3v) is 7.06. The van der Waals surface area contributed by atoms with Crippen molar-refractivity contribution in [2.24, 2.45) is 0 Å². The maximum atomic E-state index is 5.94. The number of benzene rings is 1. The van der Waals surface area contributed by atoms with E-state index in [1.165, 1.54) is 55.6 Å². The first-order valence-corrected chi connectivity index (χ1v) is 11.0. The van der Waals surface area contributed by atoms with E-state index in [0.29, 0.717) is 4.58 Å². The van der Waals surface area contributed by atoms with Crippen LogP contribution in [0.2, 0.25) is 0 Å². The van der Waals surface area contributed by atoms with Crippen molar-refractivity contribution in [3.63, 3.8) is 0 Å². The van der Waals surface area contributed by atoms with Crippen LogP contribution >= 0.6 is 23.5 Å². The fourth-order valence-corrected chi connectivity index (χ4v) is 5.57. The summed E-state index contributed by atoms with van der Waals surface area (Å²) in [6.45, 7) is 3.04. The van der Waals surface area contributed by atoms with Crippen LogP contribution in [0.15, 0.2) is 18.2 Å². The highest BCUT2D eigenvalue weighted by Gasteiger charge is 2.18. The number of ether oxygens (including phenoxy) is 2. The maximum absolute atomic E-state index is 5.94. The van der Waals surface area contributed by atoms with Crippen LogP contribution in [-0.4, -0.2) is 25.2 Å². The number of methoxy groups -OCH3 is 1. The van der Waals surface area contributed by atoms with Gasteiger partial charge in [-0.15, -0.1) is 23.5 Å². The molecular formula is C19H30O2S2. The first kappa shape index (κ1) is 18.9. The van der Waals surface area contributed by atoms with Crippen LogP contribution in [0.5, 0.6) is 11.5 Å². The summed E-state index contributed by atoms with van der Waals surface area (Å²) in [4.78, 5) is 0. The lowest BCUT2D eigenvalue weighted by atomic mass is 10.1. The van der Waals surface area contributed by atoms with Crippen molar-refractivity contribution in [1.29, 1.82) is 0 Å². The molecule has 0 saturated carbocycles. The molecule has 0 aromatic heterocycles. The smallest absolute Gasteiger partial charge is 0.161 e. The van der Waals surface area contributed by atoms with Crippen molar-refractivity contribution in [2.45, 2.75) is 56.5 Å². The SMILES string of the molecule is CCCCCCCCOc1ccc(C2SCCCS2)cc1OC. The fraction of sp³-hybridized carbons (Fsp3) is 0.684. The van der Waals surface area contributed by atoms with Gasteiger partial charge in [0.1, 0.15) is 0 Å². The molecule has 1 aliphatic rings. The second-order valence-corrected chi connectivity index (χ2v) is 8.68. The molecule has 1 saturated heterocycles. The summed E-state index contributed by atoms with van der Waals surface area (Å²) in [5, 5.41) is 0. The van der Waals surface area contributed by atoms with E-state index in [9.17, 15) is 0 Å². The van der Waals surface area contributed by atoms with Crippen molar-refractivity contribution < 1.29 is 9.47 Å². The van der Waals surface area contributed by atoms with E-state index in [4.69, 9.17) is 9.47 Å². The Labute approximate surface area is 150 Å². The molecule has 0 atom stereocenters. The van der Waals surface area contributed by atoms with E-state index >= 15 is 0 Å². The summed E-state index contributed by atoms with van der Waals surface area (Å²) in [6, 6.07) is 6.45. The molecule has 0 radical (unpaired) electrons. The van der Waals surface area contributed by atoms with Crippen LogP contribution in [0, 0.1) is 0 Å². The summed E-state index contributed by atoms with van der Waals surface area (Å²) >= 11 is 4.08. The van der Waals surface area contributed by atoms with Gasteiger partial charge in [0.2, 0.25) is 0 Å². The molecule has 130 valence electrons. The molecule has 0 spiro atoms. The number of hydrogen-bond acceptors (Lipinski definition) is 4. The lowest BCUT2D eigenvalue weighted by molar-refractivity contribution is 0.284. The lowest BCUT2D eigenvalue weighted by Crippen LogP contribution is -2.03. The van der Waals surface area contributed by atoms with Gasteiger partial charge in [-0.25, -0.2) is 0 Å². The number of thioether (sulfide) groups is 2. The zero-order valence-corrected chi connectivity index (χ0v) is 16.1. The van der Waals surface area contributed by atoms with Crippen LogP contribution < -0.4 is 9.47 Å². The lowest BCUT2D eigenvalue weighted by Gasteiger charge is -2.22. The van der Waals surface area contributed by atoms with Gasteiger partial charge < -0.3 is 9.47 Å². The van der Waals surface area contributed by atoms with Gasteiger partial charge >= 0.3 is 0 Å². The quantitative estimate of drug-likeness (QED) is 0.458. The van der Waals surface area contributed by atoms with Gasteiger partial charge in [-0.1, -0.05) is 45.1 Å². The second-order valence-electron chi connectivity index (χ2n) is 5.95. The van der Waals surface area contributed by atoms with Gasteiger partial charge in [-0.2, -0.15) is 0 Å². The van der Waals surface area contributed by atoms with Crippen molar-refractivity contribution in [1.82, 2.24) is 0 Å². The molecule has 1 aromatic carbocycles. The van der Waals surface area contributed by atoms with E-state index < -0.39 is 0 Å². The molecule has 1 heterocycles. The fourth-order valence-electron chi connectivity index (χ4n) is 2.69. The Morgan fingerprint density at radius 3 is 2.48 bits per heavy atom. The Morgan fingerprint density at radius 1 is 1.00 bits per heavy atom. The molecule has 2 nitrogen and oxygen atoms in total. The maximum Gasteiger partial charge on any atom is 0.161 e. The zero-order valence-electron chi connectivity index (χ0n) is 14.5. The highest BCUT2D eigenvalue weighted by molar-refractivity contribution is 8.16. The van der Waals surface area contributed by atoms with Gasteiger partial charge in [0.25, 0.3) is 0 Å². The number of unbranched alkanes of at least 4 members (excludes halogenated alkanes) is 5. The van der Waals surface area contributed by atoms with Crippen LogP contribution in [-0.2, 0) is 0 Å². The predicted molar refractivity (Wildman–Crippen MR) is 104 cm³/mol. The first-order valence-electron chi connectivity index (χ1n) is 8.89. The number of rotatable bonds is 10. The van der Waals surface area contributed by atoms with Crippen molar-refractivity contribution >= 4 is 23.5 Å². The molecule has 23 heavy (non-hydrogen) atoms. The summed E-state index contributed by atoms with van der Waals surface area (Å²) < 4.78 is 12.0. The standard InChI is InChI=1S/C19H30O2S2/c1-3-4-5-6-7-8-12-21-17-11-10-16(15-18(17)20-2)19-22-13-9-14-23-19/h10-11,15,19H,3-9,12-14H2,1-2H3. The zero-order chi connectivity index (χ0) is 16.3. The Kier molecular flexibility index (Phi) is 9.13. The highest BCUT2D eigenvalue weighted by atomic mass is 32.2. The third kappa shape index (κ3) is 6.50. The van der Waals surface area contributed by atoms with E-state index in [2.05, 4.69) is 25.1 Å². The Balaban J connectivity index is 1.79. The minimum absolute atomic E-state index is 0.547. The van der Waals surface area contributed by atoms with Gasteiger partial charge in [-0.3, -0.25) is 0 Å². The predicted octanol–water partition coefficient (Wildman–Crippen LogP) is 6.30. The average molecular weight is 355 g/mol. The minimum Gasteiger partial charge on any atom is -0.493 e. The summed E-state index contributed by atoms with van der Waals surface area (Å²) in [6.07, 6.45) is 9.04. The molecule has 1 aromatic rings. The van der Waals surface area contributed by atoms with Gasteiger partial charge in [-0.05, 0) is 42.0 Å². The van der Waals surface area contributed by atoms with Crippen molar-refractivity contribution in [3.05, 3.63) is 23.8 Å². The molecule has 2 rings (SSSR count). The van der Waals surface area contributed by atoms with E-state index in [0.717, 1.165) is 24.5 Å². The van der Waals surface area contributed by atoms with Crippen molar-refractivity contribution in [2.75, 3.05) is 25.2 Å². The summed E-state index contributed by atoms with van der Waals surface area (Å²) in [5.41, 5.74) is 1.35. The molecule has 1 aliphatic heterocycles. The molecule has 0 unspecified atom stereocenters. The van der Waals surface area contributed by atoms with Gasteiger partial charge in [0, 0.05) is 0 Å². The van der Waals surface area contributed by atoms with Crippen molar-refractivity contribution in [3.8, 4) is 11.5 Å². The van der Waals surface area contributed by atoms with Crippen LogP contribution in [0.25, 0.3) is 0 Å². The van der Waals surface area contributed by atoms with E-state index in [1.807, 2.05) is 23.5 Å².